The molecule has 0 radical (unpaired) electrons. The Labute approximate surface area is 146 Å². The normalized spacial score (nSPS) is 13.0. The second kappa shape index (κ2) is 11.7. The minimum Gasteiger partial charge on any atom is -0.496 e. The SMILES string of the molecule is CCOC(CCNC(=NC)NCCc1ccccc1OC)C(C)C. The summed E-state index contributed by atoms with van der Waals surface area (Å²) in [6.45, 7) is 8.84. The largest absolute Gasteiger partial charge is 0.496 e. The van der Waals surface area contributed by atoms with Crippen molar-refractivity contribution in [2.24, 2.45) is 10.9 Å². The van der Waals surface area contributed by atoms with Gasteiger partial charge in [-0.05, 0) is 37.3 Å². The maximum atomic E-state index is 5.77. The van der Waals surface area contributed by atoms with Gasteiger partial charge < -0.3 is 20.1 Å². The van der Waals surface area contributed by atoms with E-state index in [-0.39, 0.29) is 6.10 Å². The molecule has 0 saturated carbocycles. The molecule has 0 spiro atoms. The van der Waals surface area contributed by atoms with Crippen molar-refractivity contribution in [3.63, 3.8) is 0 Å². The Kier molecular flexibility index (Phi) is 9.92. The van der Waals surface area contributed by atoms with E-state index in [1.165, 1.54) is 5.56 Å². The molecule has 136 valence electrons. The van der Waals surface area contributed by atoms with Crippen LogP contribution in [-0.4, -0.2) is 45.9 Å². The van der Waals surface area contributed by atoms with Crippen molar-refractivity contribution in [2.75, 3.05) is 33.9 Å². The number of hydrogen-bond acceptors (Lipinski definition) is 3. The molecule has 0 aromatic heterocycles. The summed E-state index contributed by atoms with van der Waals surface area (Å²) in [4.78, 5) is 4.27. The molecule has 0 amide bonds. The van der Waals surface area contributed by atoms with Crippen LogP contribution in [0.5, 0.6) is 5.75 Å². The summed E-state index contributed by atoms with van der Waals surface area (Å²) in [6.07, 6.45) is 2.14. The Balaban J connectivity index is 2.35. The van der Waals surface area contributed by atoms with Crippen molar-refractivity contribution >= 4 is 5.96 Å². The van der Waals surface area contributed by atoms with Gasteiger partial charge >= 0.3 is 0 Å². The lowest BCUT2D eigenvalue weighted by atomic mass is 10.0. The average Bonchev–Trinajstić information content (AvgIpc) is 2.59. The van der Waals surface area contributed by atoms with Gasteiger partial charge in [0, 0.05) is 26.7 Å². The molecule has 5 nitrogen and oxygen atoms in total. The Bertz CT molecular complexity index is 489. The molecule has 0 aliphatic heterocycles. The average molecular weight is 335 g/mol. The number of nitrogens with zero attached hydrogens (tertiary/aromatic N) is 1. The number of guanidine groups is 1. The molecule has 5 heteroatoms. The second-order valence-corrected chi connectivity index (χ2v) is 6.01. The van der Waals surface area contributed by atoms with Gasteiger partial charge in [0.1, 0.15) is 5.75 Å². The first-order valence-corrected chi connectivity index (χ1v) is 8.80. The standard InChI is InChI=1S/C19H33N3O2/c1-6-24-17(15(2)3)12-14-22-19(20-4)21-13-11-16-9-7-8-10-18(16)23-5/h7-10,15,17H,6,11-14H2,1-5H3,(H2,20,21,22). The van der Waals surface area contributed by atoms with E-state index in [0.29, 0.717) is 5.92 Å². The van der Waals surface area contributed by atoms with Crippen LogP contribution in [0.15, 0.2) is 29.3 Å². The molecule has 1 unspecified atom stereocenters. The molecule has 0 saturated heterocycles. The maximum Gasteiger partial charge on any atom is 0.190 e. The predicted octanol–water partition coefficient (Wildman–Crippen LogP) is 2.85. The predicted molar refractivity (Wildman–Crippen MR) is 101 cm³/mol. The van der Waals surface area contributed by atoms with Crippen LogP contribution in [0.1, 0.15) is 32.8 Å². The topological polar surface area (TPSA) is 54.9 Å². The molecule has 0 fully saturated rings. The molecular weight excluding hydrogens is 302 g/mol. The zero-order valence-electron chi connectivity index (χ0n) is 15.8. The quantitative estimate of drug-likeness (QED) is 0.510. The molecule has 1 rings (SSSR count). The van der Waals surface area contributed by atoms with Gasteiger partial charge in [-0.3, -0.25) is 4.99 Å². The van der Waals surface area contributed by atoms with Crippen molar-refractivity contribution < 1.29 is 9.47 Å². The van der Waals surface area contributed by atoms with Crippen LogP contribution in [0.4, 0.5) is 0 Å². The van der Waals surface area contributed by atoms with E-state index in [2.05, 4.69) is 35.5 Å². The molecule has 0 aliphatic carbocycles. The zero-order chi connectivity index (χ0) is 17.8. The number of rotatable bonds is 10. The van der Waals surface area contributed by atoms with Crippen LogP contribution in [-0.2, 0) is 11.2 Å². The van der Waals surface area contributed by atoms with Gasteiger partial charge in [0.2, 0.25) is 0 Å². The maximum absolute atomic E-state index is 5.77. The van der Waals surface area contributed by atoms with E-state index >= 15 is 0 Å². The summed E-state index contributed by atoms with van der Waals surface area (Å²) in [5, 5.41) is 6.70. The smallest absolute Gasteiger partial charge is 0.190 e. The Morgan fingerprint density at radius 3 is 2.50 bits per heavy atom. The van der Waals surface area contributed by atoms with E-state index < -0.39 is 0 Å². The first-order valence-electron chi connectivity index (χ1n) is 8.80. The lowest BCUT2D eigenvalue weighted by Crippen LogP contribution is -2.40. The van der Waals surface area contributed by atoms with E-state index in [0.717, 1.165) is 44.2 Å². The fraction of sp³-hybridized carbons (Fsp3) is 0.632. The molecule has 0 bridgehead atoms. The Morgan fingerprint density at radius 2 is 1.88 bits per heavy atom. The van der Waals surface area contributed by atoms with Crippen molar-refractivity contribution in [1.82, 2.24) is 10.6 Å². The van der Waals surface area contributed by atoms with Crippen LogP contribution < -0.4 is 15.4 Å². The van der Waals surface area contributed by atoms with Crippen molar-refractivity contribution in [3.05, 3.63) is 29.8 Å². The zero-order valence-corrected chi connectivity index (χ0v) is 15.8. The number of nitrogens with one attached hydrogen (secondary N) is 2. The van der Waals surface area contributed by atoms with E-state index in [4.69, 9.17) is 9.47 Å². The summed E-state index contributed by atoms with van der Waals surface area (Å²) in [5.74, 6) is 2.27. The molecule has 1 aromatic carbocycles. The highest BCUT2D eigenvalue weighted by molar-refractivity contribution is 5.79. The highest BCUT2D eigenvalue weighted by atomic mass is 16.5. The monoisotopic (exact) mass is 335 g/mol. The molecule has 0 heterocycles. The van der Waals surface area contributed by atoms with Crippen LogP contribution in [0.3, 0.4) is 0 Å². The summed E-state index contributed by atoms with van der Waals surface area (Å²) in [7, 11) is 3.50. The first-order chi connectivity index (χ1) is 11.6. The number of para-hydroxylation sites is 1. The van der Waals surface area contributed by atoms with E-state index in [1.54, 1.807) is 14.2 Å². The molecule has 0 aliphatic rings. The molecule has 2 N–H and O–H groups in total. The summed E-state index contributed by atoms with van der Waals surface area (Å²) >= 11 is 0. The Hall–Kier alpha value is -1.75. The highest BCUT2D eigenvalue weighted by Gasteiger charge is 2.12. The third-order valence-electron chi connectivity index (χ3n) is 3.95. The fourth-order valence-electron chi connectivity index (χ4n) is 2.60. The summed E-state index contributed by atoms with van der Waals surface area (Å²) < 4.78 is 11.1. The van der Waals surface area contributed by atoms with Gasteiger partial charge in [0.25, 0.3) is 0 Å². The third kappa shape index (κ3) is 7.21. The number of aliphatic imine (C=N–C) groups is 1. The van der Waals surface area contributed by atoms with Gasteiger partial charge in [-0.25, -0.2) is 0 Å². The van der Waals surface area contributed by atoms with Crippen LogP contribution >= 0.6 is 0 Å². The third-order valence-corrected chi connectivity index (χ3v) is 3.95. The lowest BCUT2D eigenvalue weighted by Gasteiger charge is -2.21. The van der Waals surface area contributed by atoms with Crippen molar-refractivity contribution in [1.29, 1.82) is 0 Å². The fourth-order valence-corrected chi connectivity index (χ4v) is 2.60. The number of ether oxygens (including phenoxy) is 2. The number of benzene rings is 1. The summed E-state index contributed by atoms with van der Waals surface area (Å²) in [5.41, 5.74) is 1.19. The molecular formula is C19H33N3O2. The van der Waals surface area contributed by atoms with Crippen LogP contribution in [0.2, 0.25) is 0 Å². The van der Waals surface area contributed by atoms with Crippen LogP contribution in [0.25, 0.3) is 0 Å². The van der Waals surface area contributed by atoms with Gasteiger partial charge in [-0.15, -0.1) is 0 Å². The molecule has 1 atom stereocenters. The van der Waals surface area contributed by atoms with Gasteiger partial charge in [0.05, 0.1) is 13.2 Å². The first kappa shape index (κ1) is 20.3. The summed E-state index contributed by atoms with van der Waals surface area (Å²) in [6, 6.07) is 8.10. The number of hydrogen-bond donors (Lipinski definition) is 2. The Morgan fingerprint density at radius 1 is 1.17 bits per heavy atom. The van der Waals surface area contributed by atoms with E-state index in [1.807, 2.05) is 25.1 Å². The lowest BCUT2D eigenvalue weighted by molar-refractivity contribution is 0.0258. The van der Waals surface area contributed by atoms with Gasteiger partial charge in [-0.1, -0.05) is 32.0 Å². The molecule has 1 aromatic rings. The van der Waals surface area contributed by atoms with Crippen molar-refractivity contribution in [3.8, 4) is 5.75 Å². The second-order valence-electron chi connectivity index (χ2n) is 6.01. The van der Waals surface area contributed by atoms with Crippen LogP contribution in [0, 0.1) is 5.92 Å². The van der Waals surface area contributed by atoms with E-state index in [9.17, 15) is 0 Å². The molecule has 24 heavy (non-hydrogen) atoms. The minimum absolute atomic E-state index is 0.286. The van der Waals surface area contributed by atoms with Crippen molar-refractivity contribution in [2.45, 2.75) is 39.7 Å². The minimum atomic E-state index is 0.286. The number of methoxy groups -OCH3 is 1. The van der Waals surface area contributed by atoms with Gasteiger partial charge in [-0.2, -0.15) is 0 Å². The van der Waals surface area contributed by atoms with Gasteiger partial charge in [0.15, 0.2) is 5.96 Å². The highest BCUT2D eigenvalue weighted by Crippen LogP contribution is 2.17.